The van der Waals surface area contributed by atoms with Crippen molar-refractivity contribution in [3.63, 3.8) is 0 Å². The lowest BCUT2D eigenvalue weighted by Crippen LogP contribution is -2.24. The number of amides is 1. The van der Waals surface area contributed by atoms with E-state index in [9.17, 15) is 19.3 Å². The molecule has 1 atom stereocenters. The van der Waals surface area contributed by atoms with E-state index in [0.717, 1.165) is 6.20 Å². The van der Waals surface area contributed by atoms with Gasteiger partial charge in [-0.2, -0.15) is 5.10 Å². The molecule has 0 fully saturated rings. The second-order valence-corrected chi connectivity index (χ2v) is 7.27. The Labute approximate surface area is 181 Å². The van der Waals surface area contributed by atoms with Crippen LogP contribution >= 0.6 is 11.6 Å². The molecular formula is C19H20ClFN6O4. The summed E-state index contributed by atoms with van der Waals surface area (Å²) in [6.45, 7) is 5.36. The predicted octanol–water partition coefficient (Wildman–Crippen LogP) is 3.65. The first-order valence-electron chi connectivity index (χ1n) is 9.18. The van der Waals surface area contributed by atoms with Crippen molar-refractivity contribution in [1.82, 2.24) is 19.6 Å². The number of nitrogens with one attached hydrogen (secondary N) is 1. The number of rotatable bonds is 7. The molecule has 12 heteroatoms. The maximum atomic E-state index is 13.3. The molecule has 0 aliphatic heterocycles. The molecule has 2 aromatic heterocycles. The highest BCUT2D eigenvalue weighted by Crippen LogP contribution is 2.27. The number of carbonyl (C=O) groups excluding carboxylic acids is 1. The van der Waals surface area contributed by atoms with Crippen molar-refractivity contribution in [3.8, 4) is 5.88 Å². The van der Waals surface area contributed by atoms with Crippen LogP contribution in [0.4, 0.5) is 15.8 Å². The van der Waals surface area contributed by atoms with Gasteiger partial charge in [0.25, 0.3) is 0 Å². The van der Waals surface area contributed by atoms with Crippen molar-refractivity contribution in [2.75, 3.05) is 12.4 Å². The third kappa shape index (κ3) is 4.50. The Balaban J connectivity index is 1.81. The van der Waals surface area contributed by atoms with E-state index < -0.39 is 22.7 Å². The Morgan fingerprint density at radius 2 is 2.10 bits per heavy atom. The molecule has 0 aliphatic rings. The van der Waals surface area contributed by atoms with Crippen molar-refractivity contribution in [1.29, 1.82) is 0 Å². The van der Waals surface area contributed by atoms with Gasteiger partial charge in [-0.15, -0.1) is 5.10 Å². The van der Waals surface area contributed by atoms with Gasteiger partial charge in [-0.3, -0.25) is 19.6 Å². The molecule has 3 aromatic rings. The van der Waals surface area contributed by atoms with E-state index in [1.807, 2.05) is 0 Å². The maximum Gasteiger partial charge on any atom is 0.350 e. The van der Waals surface area contributed by atoms with Gasteiger partial charge in [0, 0.05) is 5.02 Å². The van der Waals surface area contributed by atoms with Crippen molar-refractivity contribution >= 4 is 28.9 Å². The molecule has 3 rings (SSSR count). The van der Waals surface area contributed by atoms with Gasteiger partial charge in [-0.1, -0.05) is 17.7 Å². The van der Waals surface area contributed by atoms with Crippen molar-refractivity contribution < 1.29 is 18.8 Å². The number of benzene rings is 1. The van der Waals surface area contributed by atoms with E-state index in [-0.39, 0.29) is 16.6 Å². The number of ether oxygens (including phenoxy) is 1. The molecule has 1 aromatic carbocycles. The number of hydrogen-bond donors (Lipinski definition) is 1. The number of aromatic nitrogens is 4. The molecule has 31 heavy (non-hydrogen) atoms. The number of hydrogen-bond acceptors (Lipinski definition) is 6. The monoisotopic (exact) mass is 450 g/mol. The van der Waals surface area contributed by atoms with E-state index in [0.29, 0.717) is 29.2 Å². The lowest BCUT2D eigenvalue weighted by atomic mass is 10.2. The largest absolute Gasteiger partial charge is 0.475 e. The topological polar surface area (TPSA) is 117 Å². The summed E-state index contributed by atoms with van der Waals surface area (Å²) in [5.74, 6) is -1.05. The van der Waals surface area contributed by atoms with Crippen molar-refractivity contribution in [2.24, 2.45) is 0 Å². The molecule has 0 saturated carbocycles. The van der Waals surface area contributed by atoms with Crippen LogP contribution in [0.1, 0.15) is 29.9 Å². The zero-order valence-corrected chi connectivity index (χ0v) is 18.0. The quantitative estimate of drug-likeness (QED) is 0.433. The highest BCUT2D eigenvalue weighted by molar-refractivity contribution is 6.31. The van der Waals surface area contributed by atoms with Crippen molar-refractivity contribution in [3.05, 3.63) is 62.3 Å². The average molecular weight is 451 g/mol. The number of nitrogens with zero attached hydrogens (tertiary/aromatic N) is 5. The first-order valence-corrected chi connectivity index (χ1v) is 9.56. The Morgan fingerprint density at radius 3 is 2.68 bits per heavy atom. The van der Waals surface area contributed by atoms with Crippen LogP contribution in [0.15, 0.2) is 24.4 Å². The number of methoxy groups -OCH3 is 1. The first-order chi connectivity index (χ1) is 14.6. The van der Waals surface area contributed by atoms with E-state index >= 15 is 0 Å². The third-order valence-corrected chi connectivity index (χ3v) is 5.16. The van der Waals surface area contributed by atoms with E-state index in [1.165, 1.54) is 23.9 Å². The summed E-state index contributed by atoms with van der Waals surface area (Å²) in [7, 11) is 1.26. The fourth-order valence-electron chi connectivity index (χ4n) is 3.03. The highest BCUT2D eigenvalue weighted by atomic mass is 35.5. The summed E-state index contributed by atoms with van der Waals surface area (Å²) in [6, 6.07) is 3.27. The van der Waals surface area contributed by atoms with Crippen LogP contribution in [0.25, 0.3) is 0 Å². The van der Waals surface area contributed by atoms with Crippen LogP contribution in [0.2, 0.25) is 5.02 Å². The molecule has 0 bridgehead atoms. The summed E-state index contributed by atoms with van der Waals surface area (Å²) in [4.78, 5) is 23.2. The van der Waals surface area contributed by atoms with Gasteiger partial charge in [0.15, 0.2) is 0 Å². The van der Waals surface area contributed by atoms with Gasteiger partial charge in [-0.25, -0.2) is 9.07 Å². The molecule has 1 amide bonds. The smallest absolute Gasteiger partial charge is 0.350 e. The number of nitro groups is 1. The lowest BCUT2D eigenvalue weighted by molar-refractivity contribution is -0.385. The van der Waals surface area contributed by atoms with Gasteiger partial charge in [-0.05, 0) is 38.5 Å². The fraction of sp³-hybridized carbons (Fsp3) is 0.316. The van der Waals surface area contributed by atoms with Gasteiger partial charge < -0.3 is 10.1 Å². The first kappa shape index (κ1) is 22.2. The number of aryl methyl sites for hydroxylation is 1. The number of halogens is 2. The summed E-state index contributed by atoms with van der Waals surface area (Å²) in [5.41, 5.74) is 2.08. The molecular weight excluding hydrogens is 431 g/mol. The normalized spacial score (nSPS) is 11.9. The zero-order chi connectivity index (χ0) is 22.9. The summed E-state index contributed by atoms with van der Waals surface area (Å²) >= 11 is 6.10. The Morgan fingerprint density at radius 1 is 1.39 bits per heavy atom. The van der Waals surface area contributed by atoms with E-state index in [4.69, 9.17) is 16.3 Å². The molecule has 1 N–H and O–H groups in total. The molecule has 0 spiro atoms. The highest BCUT2D eigenvalue weighted by Gasteiger charge is 2.26. The minimum atomic E-state index is -0.851. The molecule has 10 nitrogen and oxygen atoms in total. The Hall–Kier alpha value is -3.47. The van der Waals surface area contributed by atoms with Gasteiger partial charge in [0.2, 0.25) is 5.91 Å². The zero-order valence-electron chi connectivity index (χ0n) is 17.2. The molecule has 2 heterocycles. The lowest BCUT2D eigenvalue weighted by Gasteiger charge is -2.13. The molecule has 1 unspecified atom stereocenters. The minimum Gasteiger partial charge on any atom is -0.475 e. The van der Waals surface area contributed by atoms with Gasteiger partial charge in [0.05, 0.1) is 35.7 Å². The Bertz CT molecular complexity index is 1160. The average Bonchev–Trinajstić information content (AvgIpc) is 3.26. The molecule has 0 saturated heterocycles. The second kappa shape index (κ2) is 8.72. The second-order valence-electron chi connectivity index (χ2n) is 6.87. The summed E-state index contributed by atoms with van der Waals surface area (Å²) in [6.07, 6.45) is 1.14. The predicted molar refractivity (Wildman–Crippen MR) is 111 cm³/mol. The summed E-state index contributed by atoms with van der Waals surface area (Å²) in [5, 5.41) is 22.6. The van der Waals surface area contributed by atoms with E-state index in [2.05, 4.69) is 15.5 Å². The van der Waals surface area contributed by atoms with E-state index in [1.54, 1.807) is 31.5 Å². The fourth-order valence-corrected chi connectivity index (χ4v) is 3.25. The van der Waals surface area contributed by atoms with Gasteiger partial charge in [0.1, 0.15) is 18.1 Å². The third-order valence-electron chi connectivity index (χ3n) is 4.81. The SMILES string of the molecule is COc1nn(C(C)C(=O)Nc2c(C)nn(Cc3ccc(F)cc3Cl)c2C)cc1[N+](=O)[O-]. The molecule has 0 aliphatic carbocycles. The van der Waals surface area contributed by atoms with Crippen LogP contribution in [-0.2, 0) is 11.3 Å². The van der Waals surface area contributed by atoms with Crippen LogP contribution in [-0.4, -0.2) is 37.5 Å². The minimum absolute atomic E-state index is 0.180. The molecule has 164 valence electrons. The number of anilines is 1. The summed E-state index contributed by atoms with van der Waals surface area (Å²) < 4.78 is 21.0. The maximum absolute atomic E-state index is 13.3. The Kier molecular flexibility index (Phi) is 6.25. The molecule has 0 radical (unpaired) electrons. The van der Waals surface area contributed by atoms with Crippen LogP contribution in [0, 0.1) is 29.8 Å². The van der Waals surface area contributed by atoms with Crippen molar-refractivity contribution in [2.45, 2.75) is 33.4 Å². The van der Waals surface area contributed by atoms with Crippen LogP contribution in [0.5, 0.6) is 5.88 Å². The van der Waals surface area contributed by atoms with Crippen LogP contribution in [0.3, 0.4) is 0 Å². The standard InChI is InChI=1S/C19H20ClFN6O4/c1-10-17(11(2)25(23-10)8-13-5-6-14(21)7-15(13)20)22-18(28)12(3)26-9-16(27(29)30)19(24-26)31-4/h5-7,9,12H,8H2,1-4H3,(H,22,28). The van der Waals surface area contributed by atoms with Crippen LogP contribution < -0.4 is 10.1 Å². The van der Waals surface area contributed by atoms with Gasteiger partial charge >= 0.3 is 11.6 Å². The number of carbonyl (C=O) groups is 1.